The molecule has 8 heteroatoms. The third kappa shape index (κ3) is 7.22. The van der Waals surface area contributed by atoms with Crippen LogP contribution in [0.15, 0.2) is 36.4 Å². The van der Waals surface area contributed by atoms with E-state index in [0.717, 1.165) is 55.1 Å². The fourth-order valence-electron chi connectivity index (χ4n) is 3.52. The summed E-state index contributed by atoms with van der Waals surface area (Å²) in [5.74, 6) is 1.78. The first-order chi connectivity index (χ1) is 14.4. The summed E-state index contributed by atoms with van der Waals surface area (Å²) >= 11 is 26.1. The summed E-state index contributed by atoms with van der Waals surface area (Å²) in [4.78, 5) is 14.9. The molecule has 0 aromatic heterocycles. The highest BCUT2D eigenvalue weighted by Crippen LogP contribution is 2.26. The number of benzene rings is 2. The van der Waals surface area contributed by atoms with Crippen LogP contribution in [0.1, 0.15) is 24.0 Å². The van der Waals surface area contributed by atoms with Crippen molar-refractivity contribution in [1.29, 1.82) is 0 Å². The minimum atomic E-state index is 0.0144. The molecule has 1 atom stereocenters. The molecule has 30 heavy (non-hydrogen) atoms. The molecule has 0 radical (unpaired) electrons. The Morgan fingerprint density at radius 1 is 1.03 bits per heavy atom. The number of nitrogens with one attached hydrogen (secondary N) is 1. The molecule has 1 amide bonds. The standard InChI is InChI=1S/C22H24Cl4N2OS/c23-18-5-3-15(20(25)10-18)12-28-8-1-2-16(13-28)22(29)27-7-9-30-14-17-4-6-19(24)11-21(17)26/h3-6,10-11,16H,1-2,7-9,12-14H2,(H,27,29). The van der Waals surface area contributed by atoms with E-state index in [0.29, 0.717) is 26.6 Å². The zero-order valence-electron chi connectivity index (χ0n) is 16.5. The van der Waals surface area contributed by atoms with Gasteiger partial charge in [-0.05, 0) is 54.8 Å². The Morgan fingerprint density at radius 3 is 2.37 bits per heavy atom. The Bertz CT molecular complexity index is 880. The van der Waals surface area contributed by atoms with Crippen LogP contribution in [-0.2, 0) is 17.1 Å². The van der Waals surface area contributed by atoms with Crippen LogP contribution < -0.4 is 5.32 Å². The first kappa shape index (κ1) is 24.0. The summed E-state index contributed by atoms with van der Waals surface area (Å²) in [5, 5.41) is 5.71. The minimum Gasteiger partial charge on any atom is -0.355 e. The smallest absolute Gasteiger partial charge is 0.224 e. The van der Waals surface area contributed by atoms with Crippen molar-refractivity contribution >= 4 is 64.1 Å². The van der Waals surface area contributed by atoms with Gasteiger partial charge in [0.1, 0.15) is 0 Å². The van der Waals surface area contributed by atoms with E-state index in [4.69, 9.17) is 46.4 Å². The maximum atomic E-state index is 12.6. The predicted molar refractivity (Wildman–Crippen MR) is 130 cm³/mol. The second kappa shape index (κ2) is 11.8. The van der Waals surface area contributed by atoms with Crippen LogP contribution in [0.5, 0.6) is 0 Å². The number of rotatable bonds is 8. The van der Waals surface area contributed by atoms with Gasteiger partial charge in [0, 0.05) is 51.2 Å². The van der Waals surface area contributed by atoms with E-state index in [9.17, 15) is 4.79 Å². The highest BCUT2D eigenvalue weighted by atomic mass is 35.5. The van der Waals surface area contributed by atoms with Gasteiger partial charge in [0.15, 0.2) is 0 Å². The second-order valence-electron chi connectivity index (χ2n) is 7.39. The zero-order chi connectivity index (χ0) is 21.5. The minimum absolute atomic E-state index is 0.0144. The molecule has 1 aliphatic rings. The van der Waals surface area contributed by atoms with Gasteiger partial charge in [0.05, 0.1) is 5.92 Å². The van der Waals surface area contributed by atoms with E-state index in [1.807, 2.05) is 24.3 Å². The molecular weight excluding hydrogens is 482 g/mol. The Balaban J connectivity index is 1.39. The lowest BCUT2D eigenvalue weighted by atomic mass is 9.96. The molecular formula is C22H24Cl4N2OS. The van der Waals surface area contributed by atoms with Crippen molar-refractivity contribution in [3.05, 3.63) is 67.6 Å². The second-order valence-corrected chi connectivity index (χ2v) is 10.2. The van der Waals surface area contributed by atoms with E-state index >= 15 is 0 Å². The Hall–Kier alpha value is -0.620. The average Bonchev–Trinajstić information content (AvgIpc) is 2.71. The number of amides is 1. The molecule has 1 heterocycles. The monoisotopic (exact) mass is 504 g/mol. The molecule has 0 saturated carbocycles. The van der Waals surface area contributed by atoms with Gasteiger partial charge in [-0.3, -0.25) is 9.69 Å². The lowest BCUT2D eigenvalue weighted by molar-refractivity contribution is -0.126. The number of hydrogen-bond acceptors (Lipinski definition) is 3. The molecule has 1 aliphatic heterocycles. The molecule has 0 spiro atoms. The SMILES string of the molecule is O=C(NCCSCc1ccc(Cl)cc1Cl)C1CCCN(Cc2ccc(Cl)cc2Cl)C1. The van der Waals surface area contributed by atoms with Crippen molar-refractivity contribution in [2.45, 2.75) is 25.1 Å². The highest BCUT2D eigenvalue weighted by molar-refractivity contribution is 7.98. The van der Waals surface area contributed by atoms with Crippen LogP contribution >= 0.6 is 58.2 Å². The normalized spacial score (nSPS) is 17.1. The van der Waals surface area contributed by atoms with Crippen LogP contribution in [0, 0.1) is 5.92 Å². The summed E-state index contributed by atoms with van der Waals surface area (Å²) in [6, 6.07) is 11.1. The number of carbonyl (C=O) groups excluding carboxylic acids is 1. The van der Waals surface area contributed by atoms with E-state index in [2.05, 4.69) is 10.2 Å². The van der Waals surface area contributed by atoms with Crippen LogP contribution in [0.4, 0.5) is 0 Å². The van der Waals surface area contributed by atoms with Gasteiger partial charge < -0.3 is 5.32 Å². The Labute approximate surface area is 202 Å². The number of piperidine rings is 1. The Morgan fingerprint density at radius 2 is 1.70 bits per heavy atom. The number of likely N-dealkylation sites (tertiary alicyclic amines) is 1. The van der Waals surface area contributed by atoms with Gasteiger partial charge in [0.25, 0.3) is 0 Å². The number of thioether (sulfide) groups is 1. The van der Waals surface area contributed by atoms with E-state index in [1.54, 1.807) is 23.9 Å². The molecule has 2 aromatic carbocycles. The van der Waals surface area contributed by atoms with Crippen molar-refractivity contribution in [2.24, 2.45) is 5.92 Å². The summed E-state index contributed by atoms with van der Waals surface area (Å²) < 4.78 is 0. The van der Waals surface area contributed by atoms with E-state index in [1.165, 1.54) is 0 Å². The molecule has 0 bridgehead atoms. The van der Waals surface area contributed by atoms with Crippen molar-refractivity contribution in [1.82, 2.24) is 10.2 Å². The molecule has 1 N–H and O–H groups in total. The summed E-state index contributed by atoms with van der Waals surface area (Å²) in [6.07, 6.45) is 1.93. The van der Waals surface area contributed by atoms with Crippen LogP contribution in [0.2, 0.25) is 20.1 Å². The first-order valence-corrected chi connectivity index (χ1v) is 12.5. The molecule has 2 aromatic rings. The first-order valence-electron chi connectivity index (χ1n) is 9.88. The number of nitrogens with zero attached hydrogens (tertiary/aromatic N) is 1. The number of carbonyl (C=O) groups is 1. The van der Waals surface area contributed by atoms with Crippen LogP contribution in [-0.4, -0.2) is 36.2 Å². The van der Waals surface area contributed by atoms with Crippen molar-refractivity contribution in [3.8, 4) is 0 Å². The fourth-order valence-corrected chi connectivity index (χ4v) is 5.40. The van der Waals surface area contributed by atoms with Gasteiger partial charge in [0.2, 0.25) is 5.91 Å². The molecule has 3 rings (SSSR count). The Kier molecular flexibility index (Phi) is 9.49. The topological polar surface area (TPSA) is 32.3 Å². The molecule has 0 aliphatic carbocycles. The highest BCUT2D eigenvalue weighted by Gasteiger charge is 2.25. The molecule has 1 fully saturated rings. The van der Waals surface area contributed by atoms with Crippen LogP contribution in [0.3, 0.4) is 0 Å². The van der Waals surface area contributed by atoms with Crippen molar-refractivity contribution in [3.63, 3.8) is 0 Å². The van der Waals surface area contributed by atoms with E-state index < -0.39 is 0 Å². The molecule has 1 unspecified atom stereocenters. The molecule has 162 valence electrons. The lowest BCUT2D eigenvalue weighted by Gasteiger charge is -2.32. The molecule has 1 saturated heterocycles. The molecule has 3 nitrogen and oxygen atoms in total. The summed E-state index contributed by atoms with van der Waals surface area (Å²) in [7, 11) is 0. The van der Waals surface area contributed by atoms with Gasteiger partial charge in [-0.2, -0.15) is 11.8 Å². The summed E-state index contributed by atoms with van der Waals surface area (Å²) in [5.41, 5.74) is 2.10. The van der Waals surface area contributed by atoms with Gasteiger partial charge in [-0.1, -0.05) is 58.5 Å². The predicted octanol–water partition coefficient (Wildman–Crippen LogP) is 6.56. The maximum Gasteiger partial charge on any atom is 0.224 e. The maximum absolute atomic E-state index is 12.6. The number of halogens is 4. The van der Waals surface area contributed by atoms with Crippen molar-refractivity contribution < 1.29 is 4.79 Å². The zero-order valence-corrected chi connectivity index (χ0v) is 20.3. The van der Waals surface area contributed by atoms with E-state index in [-0.39, 0.29) is 11.8 Å². The average molecular weight is 506 g/mol. The third-order valence-corrected chi connectivity index (χ3v) is 7.29. The third-order valence-electron chi connectivity index (χ3n) is 5.10. The van der Waals surface area contributed by atoms with Crippen LogP contribution in [0.25, 0.3) is 0 Å². The fraction of sp³-hybridized carbons (Fsp3) is 0.409. The van der Waals surface area contributed by atoms with Gasteiger partial charge in [-0.25, -0.2) is 0 Å². The van der Waals surface area contributed by atoms with Gasteiger partial charge in [-0.15, -0.1) is 0 Å². The van der Waals surface area contributed by atoms with Gasteiger partial charge >= 0.3 is 0 Å². The largest absolute Gasteiger partial charge is 0.355 e. The van der Waals surface area contributed by atoms with Crippen molar-refractivity contribution in [2.75, 3.05) is 25.4 Å². The number of hydrogen-bond donors (Lipinski definition) is 1. The summed E-state index contributed by atoms with van der Waals surface area (Å²) in [6.45, 7) is 3.10. The lowest BCUT2D eigenvalue weighted by Crippen LogP contribution is -2.43. The quantitative estimate of drug-likeness (QED) is 0.412.